The van der Waals surface area contributed by atoms with Crippen molar-refractivity contribution in [2.24, 2.45) is 5.92 Å². The first-order valence-corrected chi connectivity index (χ1v) is 7.46. The highest BCUT2D eigenvalue weighted by Crippen LogP contribution is 2.27. The summed E-state index contributed by atoms with van der Waals surface area (Å²) in [6.07, 6.45) is 2.11. The molecule has 0 aromatic carbocycles. The van der Waals surface area contributed by atoms with Crippen LogP contribution in [0.15, 0.2) is 0 Å². The molecule has 0 spiro atoms. The molecule has 0 saturated heterocycles. The Hall–Kier alpha value is -1.30. The summed E-state index contributed by atoms with van der Waals surface area (Å²) in [4.78, 5) is 18.7. The zero-order chi connectivity index (χ0) is 14.6. The molecule has 1 aromatic heterocycles. The van der Waals surface area contributed by atoms with E-state index >= 15 is 0 Å². The number of nitrogens with two attached hydrogens (primary N) is 1. The normalized spacial score (nSPS) is 12.5. The molecule has 0 aliphatic carbocycles. The van der Waals surface area contributed by atoms with Crippen molar-refractivity contribution in [1.82, 2.24) is 10.3 Å². The quantitative estimate of drug-likeness (QED) is 0.841. The van der Waals surface area contributed by atoms with Gasteiger partial charge in [-0.3, -0.25) is 4.79 Å². The Labute approximate surface area is 119 Å². The predicted molar refractivity (Wildman–Crippen MR) is 81.9 cm³/mol. The molecule has 3 N–H and O–H groups in total. The van der Waals surface area contributed by atoms with Crippen LogP contribution < -0.4 is 16.0 Å². The van der Waals surface area contributed by atoms with Crippen LogP contribution >= 0.6 is 11.3 Å². The molecular formula is C13H24N4OS. The number of nitrogen functional groups attached to an aromatic ring is 1. The lowest BCUT2D eigenvalue weighted by atomic mass is 9.95. The smallest absolute Gasteiger partial charge is 0.265 e. The van der Waals surface area contributed by atoms with Crippen LogP contribution in [0.1, 0.15) is 43.3 Å². The first kappa shape index (κ1) is 15.8. The molecule has 1 unspecified atom stereocenters. The molecule has 0 bridgehead atoms. The summed E-state index contributed by atoms with van der Waals surface area (Å²) in [5.41, 5.74) is 5.81. The Kier molecular flexibility index (Phi) is 5.60. The minimum atomic E-state index is -0.123. The zero-order valence-corrected chi connectivity index (χ0v) is 13.2. The van der Waals surface area contributed by atoms with E-state index in [0.717, 1.165) is 18.0 Å². The van der Waals surface area contributed by atoms with E-state index < -0.39 is 0 Å². The maximum atomic E-state index is 12.2. The van der Waals surface area contributed by atoms with Crippen LogP contribution in [0.25, 0.3) is 0 Å². The van der Waals surface area contributed by atoms with Crippen molar-refractivity contribution in [1.29, 1.82) is 0 Å². The van der Waals surface area contributed by atoms with Gasteiger partial charge in [0.2, 0.25) is 0 Å². The van der Waals surface area contributed by atoms with E-state index in [1.807, 2.05) is 25.9 Å². The van der Waals surface area contributed by atoms with Gasteiger partial charge in [-0.2, -0.15) is 0 Å². The van der Waals surface area contributed by atoms with Crippen molar-refractivity contribution < 1.29 is 4.79 Å². The summed E-state index contributed by atoms with van der Waals surface area (Å²) in [6, 6.07) is 0.145. The summed E-state index contributed by atoms with van der Waals surface area (Å²) in [5, 5.41) is 3.77. The van der Waals surface area contributed by atoms with Gasteiger partial charge in [0.05, 0.1) is 0 Å². The van der Waals surface area contributed by atoms with E-state index in [9.17, 15) is 4.79 Å². The van der Waals surface area contributed by atoms with Crippen LogP contribution in [0.5, 0.6) is 0 Å². The third-order valence-electron chi connectivity index (χ3n) is 3.35. The average molecular weight is 284 g/mol. The number of rotatable bonds is 6. The Morgan fingerprint density at radius 3 is 2.42 bits per heavy atom. The van der Waals surface area contributed by atoms with E-state index in [2.05, 4.69) is 24.1 Å². The molecule has 1 atom stereocenters. The molecule has 0 aliphatic rings. The van der Waals surface area contributed by atoms with Gasteiger partial charge < -0.3 is 16.0 Å². The Morgan fingerprint density at radius 2 is 2.00 bits per heavy atom. The second-order valence-corrected chi connectivity index (χ2v) is 5.92. The summed E-state index contributed by atoms with van der Waals surface area (Å²) < 4.78 is 0. The van der Waals surface area contributed by atoms with Gasteiger partial charge in [0.15, 0.2) is 5.13 Å². The third kappa shape index (κ3) is 3.83. The van der Waals surface area contributed by atoms with Crippen molar-refractivity contribution in [2.45, 2.75) is 39.7 Å². The first-order valence-electron chi connectivity index (χ1n) is 6.65. The van der Waals surface area contributed by atoms with Gasteiger partial charge in [0.25, 0.3) is 5.91 Å². The Balaban J connectivity index is 2.78. The van der Waals surface area contributed by atoms with E-state index in [1.54, 1.807) is 0 Å². The number of hydrogen-bond donors (Lipinski definition) is 2. The second-order valence-electron chi connectivity index (χ2n) is 4.94. The molecule has 0 radical (unpaired) electrons. The molecule has 1 aromatic rings. The Morgan fingerprint density at radius 1 is 1.42 bits per heavy atom. The molecule has 108 valence electrons. The monoisotopic (exact) mass is 284 g/mol. The van der Waals surface area contributed by atoms with Crippen molar-refractivity contribution in [3.8, 4) is 0 Å². The maximum absolute atomic E-state index is 12.2. The lowest BCUT2D eigenvalue weighted by Crippen LogP contribution is -2.37. The first-order chi connectivity index (χ1) is 8.90. The van der Waals surface area contributed by atoms with Crippen molar-refractivity contribution >= 4 is 28.2 Å². The van der Waals surface area contributed by atoms with Crippen LogP contribution in [0.3, 0.4) is 0 Å². The minimum Gasteiger partial charge on any atom is -0.382 e. The highest BCUT2D eigenvalue weighted by molar-refractivity contribution is 7.18. The molecule has 0 aliphatic heterocycles. The van der Waals surface area contributed by atoms with E-state index in [-0.39, 0.29) is 11.9 Å². The molecule has 1 amide bonds. The summed E-state index contributed by atoms with van der Waals surface area (Å²) >= 11 is 1.32. The van der Waals surface area contributed by atoms with Crippen LogP contribution in [0.4, 0.5) is 10.9 Å². The van der Waals surface area contributed by atoms with Gasteiger partial charge in [-0.1, -0.05) is 38.0 Å². The lowest BCUT2D eigenvalue weighted by molar-refractivity contribution is 0.0930. The summed E-state index contributed by atoms with van der Waals surface area (Å²) in [6.45, 7) is 6.32. The zero-order valence-electron chi connectivity index (χ0n) is 12.4. The fourth-order valence-corrected chi connectivity index (χ4v) is 2.87. The molecule has 1 rings (SSSR count). The van der Waals surface area contributed by atoms with E-state index in [0.29, 0.717) is 16.6 Å². The summed E-state index contributed by atoms with van der Waals surface area (Å²) in [7, 11) is 3.76. The van der Waals surface area contributed by atoms with Crippen molar-refractivity contribution in [3.63, 3.8) is 0 Å². The number of nitrogens with zero attached hydrogens (tertiary/aromatic N) is 2. The van der Waals surface area contributed by atoms with E-state index in [4.69, 9.17) is 5.73 Å². The largest absolute Gasteiger partial charge is 0.382 e. The standard InChI is InChI=1S/C13H24N4OS/c1-6-9(7-2)8(3)15-12(18)10-11(14)16-13(19-10)17(4)5/h8-9H,6-7,14H2,1-5H3,(H,15,18). The molecular weight excluding hydrogens is 260 g/mol. The fraction of sp³-hybridized carbons (Fsp3) is 0.692. The van der Waals surface area contributed by atoms with Crippen LogP contribution in [-0.4, -0.2) is 31.0 Å². The molecule has 5 nitrogen and oxygen atoms in total. The highest BCUT2D eigenvalue weighted by Gasteiger charge is 2.21. The summed E-state index contributed by atoms with van der Waals surface area (Å²) in [5.74, 6) is 0.678. The van der Waals surface area contributed by atoms with Crippen LogP contribution in [-0.2, 0) is 0 Å². The van der Waals surface area contributed by atoms with Crippen LogP contribution in [0.2, 0.25) is 0 Å². The van der Waals surface area contributed by atoms with Gasteiger partial charge >= 0.3 is 0 Å². The molecule has 0 fully saturated rings. The number of anilines is 2. The molecule has 6 heteroatoms. The second kappa shape index (κ2) is 6.75. The Bertz CT molecular complexity index is 426. The average Bonchev–Trinajstić information content (AvgIpc) is 2.73. The maximum Gasteiger partial charge on any atom is 0.265 e. The molecule has 0 saturated carbocycles. The number of hydrogen-bond acceptors (Lipinski definition) is 5. The number of carbonyl (C=O) groups is 1. The predicted octanol–water partition coefficient (Wildman–Crippen LogP) is 2.35. The third-order valence-corrected chi connectivity index (χ3v) is 4.58. The van der Waals surface area contributed by atoms with Gasteiger partial charge in [-0.05, 0) is 12.8 Å². The number of amides is 1. The van der Waals surface area contributed by atoms with Crippen LogP contribution in [0, 0.1) is 5.92 Å². The fourth-order valence-electron chi connectivity index (χ4n) is 2.06. The van der Waals surface area contributed by atoms with Crippen molar-refractivity contribution in [3.05, 3.63) is 4.88 Å². The number of nitrogens with one attached hydrogen (secondary N) is 1. The van der Waals surface area contributed by atoms with Gasteiger partial charge in [-0.25, -0.2) is 4.98 Å². The van der Waals surface area contributed by atoms with Gasteiger partial charge in [0, 0.05) is 20.1 Å². The SMILES string of the molecule is CCC(CC)C(C)NC(=O)c1sc(N(C)C)nc1N. The number of aromatic nitrogens is 1. The molecule has 1 heterocycles. The topological polar surface area (TPSA) is 71.2 Å². The van der Waals surface area contributed by atoms with Gasteiger partial charge in [-0.15, -0.1) is 0 Å². The lowest BCUT2D eigenvalue weighted by Gasteiger charge is -2.22. The van der Waals surface area contributed by atoms with E-state index in [1.165, 1.54) is 11.3 Å². The molecule has 19 heavy (non-hydrogen) atoms. The highest BCUT2D eigenvalue weighted by atomic mass is 32.1. The number of carbonyl (C=O) groups excluding carboxylic acids is 1. The minimum absolute atomic E-state index is 0.123. The number of thiazole rings is 1. The van der Waals surface area contributed by atoms with Crippen molar-refractivity contribution in [2.75, 3.05) is 24.7 Å². The van der Waals surface area contributed by atoms with Gasteiger partial charge in [0.1, 0.15) is 10.7 Å².